The molecule has 15 heavy (non-hydrogen) atoms. The summed E-state index contributed by atoms with van der Waals surface area (Å²) < 4.78 is 4.53. The molecular formula is C11H12ClNO2. The third-order valence-corrected chi connectivity index (χ3v) is 2.30. The summed E-state index contributed by atoms with van der Waals surface area (Å²) in [6.45, 7) is 3.59. The van der Waals surface area contributed by atoms with Gasteiger partial charge < -0.3 is 10.5 Å². The molecule has 4 heteroatoms. The van der Waals surface area contributed by atoms with E-state index >= 15 is 0 Å². The van der Waals surface area contributed by atoms with E-state index in [9.17, 15) is 4.79 Å². The molecule has 1 aromatic rings. The summed E-state index contributed by atoms with van der Waals surface area (Å²) in [4.78, 5) is 11.2. The second kappa shape index (κ2) is 4.96. The first-order valence-electron chi connectivity index (χ1n) is 4.34. The van der Waals surface area contributed by atoms with Crippen LogP contribution in [0.1, 0.15) is 11.6 Å². The Morgan fingerprint density at radius 3 is 2.47 bits per heavy atom. The van der Waals surface area contributed by atoms with Gasteiger partial charge in [-0.1, -0.05) is 30.3 Å². The fourth-order valence-corrected chi connectivity index (χ4v) is 1.26. The standard InChI is InChI=1S/C11H12ClNO2/c1-7(11(14)15-2)10(13)8-3-5-9(12)6-4-8/h3-6,10H,1,13H2,2H3. The van der Waals surface area contributed by atoms with Crippen molar-refractivity contribution in [2.24, 2.45) is 5.73 Å². The Balaban J connectivity index is 2.85. The highest BCUT2D eigenvalue weighted by Gasteiger charge is 2.16. The van der Waals surface area contributed by atoms with Gasteiger partial charge in [0.25, 0.3) is 0 Å². The van der Waals surface area contributed by atoms with E-state index in [0.717, 1.165) is 5.56 Å². The van der Waals surface area contributed by atoms with Crippen molar-refractivity contribution in [1.29, 1.82) is 0 Å². The average molecular weight is 226 g/mol. The summed E-state index contributed by atoms with van der Waals surface area (Å²) in [5.74, 6) is -0.502. The number of esters is 1. The van der Waals surface area contributed by atoms with Crippen LogP contribution in [0.4, 0.5) is 0 Å². The van der Waals surface area contributed by atoms with Crippen molar-refractivity contribution in [2.75, 3.05) is 7.11 Å². The Morgan fingerprint density at radius 1 is 1.47 bits per heavy atom. The van der Waals surface area contributed by atoms with Gasteiger partial charge >= 0.3 is 5.97 Å². The van der Waals surface area contributed by atoms with Crippen LogP contribution < -0.4 is 5.73 Å². The first-order valence-corrected chi connectivity index (χ1v) is 4.72. The number of carbonyl (C=O) groups excluding carboxylic acids is 1. The van der Waals surface area contributed by atoms with Crippen LogP contribution in [-0.4, -0.2) is 13.1 Å². The molecule has 0 fully saturated rings. The second-order valence-corrected chi connectivity index (χ2v) is 3.48. The molecule has 0 amide bonds. The largest absolute Gasteiger partial charge is 0.466 e. The van der Waals surface area contributed by atoms with Crippen LogP contribution >= 0.6 is 11.6 Å². The number of halogens is 1. The topological polar surface area (TPSA) is 52.3 Å². The van der Waals surface area contributed by atoms with Crippen molar-refractivity contribution in [3.05, 3.63) is 47.0 Å². The van der Waals surface area contributed by atoms with E-state index in [1.54, 1.807) is 24.3 Å². The van der Waals surface area contributed by atoms with Crippen molar-refractivity contribution >= 4 is 17.6 Å². The molecule has 1 atom stereocenters. The number of hydrogen-bond acceptors (Lipinski definition) is 3. The van der Waals surface area contributed by atoms with Crippen LogP contribution in [0.3, 0.4) is 0 Å². The highest BCUT2D eigenvalue weighted by Crippen LogP contribution is 2.20. The van der Waals surface area contributed by atoms with Gasteiger partial charge in [-0.05, 0) is 17.7 Å². The van der Waals surface area contributed by atoms with E-state index in [4.69, 9.17) is 17.3 Å². The van der Waals surface area contributed by atoms with E-state index in [2.05, 4.69) is 11.3 Å². The molecule has 0 aliphatic carbocycles. The molecular weight excluding hydrogens is 214 g/mol. The van der Waals surface area contributed by atoms with Gasteiger partial charge in [-0.15, -0.1) is 0 Å². The predicted octanol–water partition coefficient (Wildman–Crippen LogP) is 2.07. The Hall–Kier alpha value is -1.32. The fraction of sp³-hybridized carbons (Fsp3) is 0.182. The lowest BCUT2D eigenvalue weighted by atomic mass is 10.0. The second-order valence-electron chi connectivity index (χ2n) is 3.05. The van der Waals surface area contributed by atoms with E-state index < -0.39 is 12.0 Å². The molecule has 0 heterocycles. The number of hydrogen-bond donors (Lipinski definition) is 1. The lowest BCUT2D eigenvalue weighted by molar-refractivity contribution is -0.136. The number of rotatable bonds is 3. The molecule has 1 rings (SSSR count). The van der Waals surface area contributed by atoms with Crippen LogP contribution in [0.15, 0.2) is 36.4 Å². The first-order chi connectivity index (χ1) is 7.06. The molecule has 0 aromatic heterocycles. The molecule has 3 nitrogen and oxygen atoms in total. The van der Waals surface area contributed by atoms with Crippen molar-refractivity contribution < 1.29 is 9.53 Å². The molecule has 0 bridgehead atoms. The average Bonchev–Trinajstić information content (AvgIpc) is 2.27. The highest BCUT2D eigenvalue weighted by molar-refractivity contribution is 6.30. The predicted molar refractivity (Wildman–Crippen MR) is 59.5 cm³/mol. The first kappa shape index (κ1) is 11.8. The zero-order valence-corrected chi connectivity index (χ0v) is 9.12. The van der Waals surface area contributed by atoms with Crippen LogP contribution in [0.2, 0.25) is 5.02 Å². The van der Waals surface area contributed by atoms with Crippen LogP contribution in [0.25, 0.3) is 0 Å². The van der Waals surface area contributed by atoms with Gasteiger partial charge in [0.05, 0.1) is 18.7 Å². The van der Waals surface area contributed by atoms with Gasteiger partial charge in [-0.3, -0.25) is 0 Å². The number of ether oxygens (including phenoxy) is 1. The monoisotopic (exact) mass is 225 g/mol. The van der Waals surface area contributed by atoms with Gasteiger partial charge in [0.1, 0.15) is 0 Å². The van der Waals surface area contributed by atoms with Gasteiger partial charge in [-0.2, -0.15) is 0 Å². The van der Waals surface area contributed by atoms with Crippen molar-refractivity contribution in [3.8, 4) is 0 Å². The molecule has 0 saturated heterocycles. The Bertz CT molecular complexity index is 373. The summed E-state index contributed by atoms with van der Waals surface area (Å²) in [6.07, 6.45) is 0. The zero-order valence-electron chi connectivity index (χ0n) is 8.37. The molecule has 0 aliphatic rings. The minimum Gasteiger partial charge on any atom is -0.466 e. The maximum Gasteiger partial charge on any atom is 0.335 e. The van der Waals surface area contributed by atoms with Crippen LogP contribution in [-0.2, 0) is 9.53 Å². The minimum absolute atomic E-state index is 0.222. The van der Waals surface area contributed by atoms with E-state index in [1.165, 1.54) is 7.11 Å². The fourth-order valence-electron chi connectivity index (χ4n) is 1.13. The van der Waals surface area contributed by atoms with Gasteiger partial charge in [0, 0.05) is 5.02 Å². The van der Waals surface area contributed by atoms with Crippen LogP contribution in [0.5, 0.6) is 0 Å². The van der Waals surface area contributed by atoms with E-state index in [0.29, 0.717) is 5.02 Å². The normalized spacial score (nSPS) is 11.9. The number of methoxy groups -OCH3 is 1. The van der Waals surface area contributed by atoms with Gasteiger partial charge in [0.15, 0.2) is 0 Å². The Morgan fingerprint density at radius 2 is 2.00 bits per heavy atom. The molecule has 2 N–H and O–H groups in total. The molecule has 80 valence electrons. The Labute approximate surface area is 93.5 Å². The summed E-state index contributed by atoms with van der Waals surface area (Å²) in [6, 6.07) is 6.36. The smallest absolute Gasteiger partial charge is 0.335 e. The molecule has 0 spiro atoms. The van der Waals surface area contributed by atoms with Crippen molar-refractivity contribution in [1.82, 2.24) is 0 Å². The molecule has 0 radical (unpaired) electrons. The van der Waals surface area contributed by atoms with E-state index in [-0.39, 0.29) is 5.57 Å². The lowest BCUT2D eigenvalue weighted by Gasteiger charge is -2.13. The number of nitrogens with two attached hydrogens (primary N) is 1. The molecule has 0 aliphatic heterocycles. The highest BCUT2D eigenvalue weighted by atomic mass is 35.5. The summed E-state index contributed by atoms with van der Waals surface area (Å²) >= 11 is 5.73. The van der Waals surface area contributed by atoms with Crippen molar-refractivity contribution in [2.45, 2.75) is 6.04 Å². The van der Waals surface area contributed by atoms with Crippen molar-refractivity contribution in [3.63, 3.8) is 0 Å². The zero-order chi connectivity index (χ0) is 11.4. The van der Waals surface area contributed by atoms with Gasteiger partial charge in [0.2, 0.25) is 0 Å². The lowest BCUT2D eigenvalue weighted by Crippen LogP contribution is -2.19. The summed E-state index contributed by atoms with van der Waals surface area (Å²) in [5, 5.41) is 0.620. The minimum atomic E-state index is -0.560. The van der Waals surface area contributed by atoms with Gasteiger partial charge in [-0.25, -0.2) is 4.79 Å². The SMILES string of the molecule is C=C(C(=O)OC)C(N)c1ccc(Cl)cc1. The number of carbonyl (C=O) groups is 1. The maximum absolute atomic E-state index is 11.2. The summed E-state index contributed by atoms with van der Waals surface area (Å²) in [5.41, 5.74) is 6.82. The van der Waals surface area contributed by atoms with E-state index in [1.807, 2.05) is 0 Å². The number of benzene rings is 1. The molecule has 0 saturated carbocycles. The maximum atomic E-state index is 11.2. The quantitative estimate of drug-likeness (QED) is 0.633. The summed E-state index contributed by atoms with van der Waals surface area (Å²) in [7, 11) is 1.29. The third kappa shape index (κ3) is 2.81. The molecule has 1 aromatic carbocycles. The Kier molecular flexibility index (Phi) is 3.88. The van der Waals surface area contributed by atoms with Crippen LogP contribution in [0, 0.1) is 0 Å². The molecule has 1 unspecified atom stereocenters. The third-order valence-electron chi connectivity index (χ3n) is 2.05.